The van der Waals surface area contributed by atoms with E-state index >= 15 is 0 Å². The van der Waals surface area contributed by atoms with E-state index < -0.39 is 5.41 Å². The molecule has 4 N–H and O–H groups in total. The van der Waals surface area contributed by atoms with Gasteiger partial charge in [-0.3, -0.25) is 4.79 Å². The predicted molar refractivity (Wildman–Crippen MR) is 82.1 cm³/mol. The first-order chi connectivity index (χ1) is 9.85. The van der Waals surface area contributed by atoms with Gasteiger partial charge in [0, 0.05) is 19.8 Å². The van der Waals surface area contributed by atoms with Crippen molar-refractivity contribution in [1.82, 2.24) is 5.32 Å². The summed E-state index contributed by atoms with van der Waals surface area (Å²) in [6.07, 6.45) is 0.894. The fraction of sp³-hybridized carbons (Fsp3) is 0.867. The Bertz CT molecular complexity index is 366. The smallest absolute Gasteiger partial charge is 0.234 e. The standard InChI is InChI=1S/C15H29N3O3/c1-10(2)12(11(3)4)9-17-14(19)15(13(16)18-20)5-7-21-8-6-15/h10-12,20H,5-9H2,1-4H3,(H2,16,18)(H,17,19). The van der Waals surface area contributed by atoms with E-state index in [1.165, 1.54) is 0 Å². The lowest BCUT2D eigenvalue weighted by molar-refractivity contribution is -0.132. The molecule has 1 saturated heterocycles. The molecule has 1 heterocycles. The lowest BCUT2D eigenvalue weighted by Gasteiger charge is -2.35. The van der Waals surface area contributed by atoms with E-state index in [9.17, 15) is 4.79 Å². The Balaban J connectivity index is 2.78. The van der Waals surface area contributed by atoms with Gasteiger partial charge in [-0.05, 0) is 30.6 Å². The van der Waals surface area contributed by atoms with Gasteiger partial charge in [-0.2, -0.15) is 0 Å². The second kappa shape index (κ2) is 7.64. The van der Waals surface area contributed by atoms with Crippen LogP contribution in [0.25, 0.3) is 0 Å². The molecule has 0 aliphatic carbocycles. The normalized spacial score (nSPS) is 19.3. The monoisotopic (exact) mass is 299 g/mol. The maximum Gasteiger partial charge on any atom is 0.234 e. The van der Waals surface area contributed by atoms with Crippen LogP contribution in [0.1, 0.15) is 40.5 Å². The number of nitrogens with two attached hydrogens (primary N) is 1. The summed E-state index contributed by atoms with van der Waals surface area (Å²) in [6.45, 7) is 10.1. The summed E-state index contributed by atoms with van der Waals surface area (Å²) in [4.78, 5) is 12.6. The summed E-state index contributed by atoms with van der Waals surface area (Å²) >= 11 is 0. The van der Waals surface area contributed by atoms with E-state index in [0.717, 1.165) is 0 Å². The predicted octanol–water partition coefficient (Wildman–Crippen LogP) is 1.57. The molecule has 1 amide bonds. The molecule has 1 rings (SSSR count). The number of hydrogen-bond acceptors (Lipinski definition) is 4. The number of amides is 1. The lowest BCUT2D eigenvalue weighted by Crippen LogP contribution is -2.53. The molecule has 6 nitrogen and oxygen atoms in total. The Morgan fingerprint density at radius 2 is 1.81 bits per heavy atom. The second-order valence-corrected chi connectivity index (χ2v) is 6.54. The van der Waals surface area contributed by atoms with E-state index in [1.54, 1.807) is 0 Å². The van der Waals surface area contributed by atoms with Gasteiger partial charge >= 0.3 is 0 Å². The van der Waals surface area contributed by atoms with Crippen LogP contribution in [0.2, 0.25) is 0 Å². The van der Waals surface area contributed by atoms with Gasteiger partial charge < -0.3 is 21.0 Å². The largest absolute Gasteiger partial charge is 0.409 e. The number of nitrogens with zero attached hydrogens (tertiary/aromatic N) is 1. The van der Waals surface area contributed by atoms with Crippen molar-refractivity contribution in [2.75, 3.05) is 19.8 Å². The summed E-state index contributed by atoms with van der Waals surface area (Å²) in [5, 5.41) is 15.1. The van der Waals surface area contributed by atoms with Crippen molar-refractivity contribution in [3.8, 4) is 0 Å². The number of ether oxygens (including phenoxy) is 1. The molecule has 122 valence electrons. The molecular weight excluding hydrogens is 270 g/mol. The van der Waals surface area contributed by atoms with Gasteiger partial charge in [-0.15, -0.1) is 0 Å². The van der Waals surface area contributed by atoms with Crippen LogP contribution in [-0.2, 0) is 9.53 Å². The van der Waals surface area contributed by atoms with E-state index in [0.29, 0.717) is 50.4 Å². The van der Waals surface area contributed by atoms with Gasteiger partial charge in [-0.25, -0.2) is 0 Å². The van der Waals surface area contributed by atoms with Gasteiger partial charge in [0.1, 0.15) is 5.41 Å². The third-order valence-corrected chi connectivity index (χ3v) is 4.59. The van der Waals surface area contributed by atoms with Crippen LogP contribution in [0.3, 0.4) is 0 Å². The average molecular weight is 299 g/mol. The summed E-state index contributed by atoms with van der Waals surface area (Å²) in [7, 11) is 0. The highest BCUT2D eigenvalue weighted by atomic mass is 16.5. The summed E-state index contributed by atoms with van der Waals surface area (Å²) < 4.78 is 5.30. The number of rotatable bonds is 6. The molecular formula is C15H29N3O3. The van der Waals surface area contributed by atoms with Crippen molar-refractivity contribution in [3.05, 3.63) is 0 Å². The SMILES string of the molecule is CC(C)C(CNC(=O)C1(C(N)=NO)CCOCC1)C(C)C. The number of nitrogens with one attached hydrogen (secondary N) is 1. The molecule has 6 heteroatoms. The van der Waals surface area contributed by atoms with Crippen molar-refractivity contribution in [2.45, 2.75) is 40.5 Å². The molecule has 0 aromatic rings. The number of carbonyl (C=O) groups excluding carboxylic acids is 1. The fourth-order valence-corrected chi connectivity index (χ4v) is 3.04. The highest BCUT2D eigenvalue weighted by Crippen LogP contribution is 2.31. The van der Waals surface area contributed by atoms with Gasteiger partial charge in [0.05, 0.1) is 0 Å². The van der Waals surface area contributed by atoms with Crippen molar-refractivity contribution in [2.24, 2.45) is 34.1 Å². The number of oxime groups is 1. The first-order valence-electron chi connectivity index (χ1n) is 7.69. The maximum absolute atomic E-state index is 12.6. The molecule has 0 aromatic carbocycles. The Hall–Kier alpha value is -1.30. The van der Waals surface area contributed by atoms with Gasteiger partial charge in [0.15, 0.2) is 5.84 Å². The van der Waals surface area contributed by atoms with Crippen molar-refractivity contribution in [3.63, 3.8) is 0 Å². The van der Waals surface area contributed by atoms with E-state index in [4.69, 9.17) is 15.7 Å². The molecule has 1 fully saturated rings. The Morgan fingerprint density at radius 3 is 2.24 bits per heavy atom. The van der Waals surface area contributed by atoms with Crippen molar-refractivity contribution in [1.29, 1.82) is 0 Å². The van der Waals surface area contributed by atoms with Crippen LogP contribution >= 0.6 is 0 Å². The Labute approximate surface area is 127 Å². The van der Waals surface area contributed by atoms with E-state index in [2.05, 4.69) is 38.2 Å². The fourth-order valence-electron chi connectivity index (χ4n) is 3.04. The molecule has 21 heavy (non-hydrogen) atoms. The molecule has 0 atom stereocenters. The zero-order valence-electron chi connectivity index (χ0n) is 13.6. The summed E-state index contributed by atoms with van der Waals surface area (Å²) in [5.74, 6) is 1.19. The van der Waals surface area contributed by atoms with Crippen molar-refractivity contribution < 1.29 is 14.7 Å². The van der Waals surface area contributed by atoms with Crippen LogP contribution in [0.15, 0.2) is 5.16 Å². The average Bonchev–Trinajstić information content (AvgIpc) is 2.46. The minimum absolute atomic E-state index is 0.0195. The molecule has 0 spiro atoms. The van der Waals surface area contributed by atoms with Gasteiger partial charge in [0.2, 0.25) is 5.91 Å². The van der Waals surface area contributed by atoms with Crippen LogP contribution < -0.4 is 11.1 Å². The third kappa shape index (κ3) is 4.09. The molecule has 0 aromatic heterocycles. The number of hydrogen-bond donors (Lipinski definition) is 3. The zero-order chi connectivity index (χ0) is 16.0. The molecule has 1 aliphatic rings. The lowest BCUT2D eigenvalue weighted by atomic mass is 9.77. The highest BCUT2D eigenvalue weighted by molar-refractivity contribution is 6.06. The first-order valence-corrected chi connectivity index (χ1v) is 7.69. The zero-order valence-corrected chi connectivity index (χ0v) is 13.6. The third-order valence-electron chi connectivity index (χ3n) is 4.59. The molecule has 0 unspecified atom stereocenters. The van der Waals surface area contributed by atoms with E-state index in [-0.39, 0.29) is 11.7 Å². The minimum atomic E-state index is -0.939. The van der Waals surface area contributed by atoms with Gasteiger partial charge in [0.25, 0.3) is 0 Å². The summed E-state index contributed by atoms with van der Waals surface area (Å²) in [5.41, 5.74) is 4.85. The number of carbonyl (C=O) groups is 1. The Kier molecular flexibility index (Phi) is 6.45. The van der Waals surface area contributed by atoms with Crippen molar-refractivity contribution >= 4 is 11.7 Å². The molecule has 0 bridgehead atoms. The highest BCUT2D eigenvalue weighted by Gasteiger charge is 2.44. The van der Waals surface area contributed by atoms with Crippen LogP contribution in [0.5, 0.6) is 0 Å². The number of amidine groups is 1. The minimum Gasteiger partial charge on any atom is -0.409 e. The van der Waals surface area contributed by atoms with Crippen LogP contribution in [-0.4, -0.2) is 36.7 Å². The molecule has 0 radical (unpaired) electrons. The molecule has 0 saturated carbocycles. The maximum atomic E-state index is 12.6. The van der Waals surface area contributed by atoms with Crippen LogP contribution in [0.4, 0.5) is 0 Å². The summed E-state index contributed by atoms with van der Waals surface area (Å²) in [6, 6.07) is 0. The van der Waals surface area contributed by atoms with Gasteiger partial charge in [-0.1, -0.05) is 32.9 Å². The van der Waals surface area contributed by atoms with E-state index in [1.807, 2.05) is 0 Å². The Morgan fingerprint density at radius 1 is 1.29 bits per heavy atom. The second-order valence-electron chi connectivity index (χ2n) is 6.54. The topological polar surface area (TPSA) is 96.9 Å². The first kappa shape index (κ1) is 17.8. The quantitative estimate of drug-likeness (QED) is 0.300. The van der Waals surface area contributed by atoms with Crippen LogP contribution in [0, 0.1) is 23.2 Å². The molecule has 1 aliphatic heterocycles.